The first-order valence-corrected chi connectivity index (χ1v) is 12.7. The van der Waals surface area contributed by atoms with Crippen LogP contribution in [-0.2, 0) is 20.8 Å². The van der Waals surface area contributed by atoms with E-state index in [0.29, 0.717) is 28.2 Å². The van der Waals surface area contributed by atoms with E-state index < -0.39 is 46.1 Å². The molecule has 4 unspecified atom stereocenters. The minimum atomic E-state index is -1.95. The van der Waals surface area contributed by atoms with E-state index in [4.69, 9.17) is 9.47 Å². The molecule has 2 amide bonds. The molecule has 3 aromatic rings. The predicted octanol–water partition coefficient (Wildman–Crippen LogP) is 3.14. The van der Waals surface area contributed by atoms with Gasteiger partial charge in [-0.2, -0.15) is 0 Å². The van der Waals surface area contributed by atoms with Crippen LogP contribution in [0, 0.1) is 28.9 Å². The SMILES string of the molecule is COc1ccc(C2NC(Cc3ccc(O)cc3)(C(=O)O)C3C(=O)N(c4cccc([N+](=O)[O-])c4)C(=O)C23)c(OC)c1C. The van der Waals surface area contributed by atoms with Crippen LogP contribution in [0.4, 0.5) is 11.4 Å². The van der Waals surface area contributed by atoms with Gasteiger partial charge in [0.15, 0.2) is 0 Å². The van der Waals surface area contributed by atoms with Gasteiger partial charge in [0, 0.05) is 35.7 Å². The van der Waals surface area contributed by atoms with E-state index in [1.54, 1.807) is 31.2 Å². The maximum atomic E-state index is 14.1. The number of benzene rings is 3. The first kappa shape index (κ1) is 27.6. The number of ether oxygens (including phenoxy) is 2. The van der Waals surface area contributed by atoms with Crippen molar-refractivity contribution in [1.82, 2.24) is 5.32 Å². The van der Waals surface area contributed by atoms with E-state index in [2.05, 4.69) is 5.32 Å². The molecule has 0 radical (unpaired) electrons. The van der Waals surface area contributed by atoms with Crippen LogP contribution in [0.5, 0.6) is 17.2 Å². The number of methoxy groups -OCH3 is 2. The largest absolute Gasteiger partial charge is 0.508 e. The second-order valence-electron chi connectivity index (χ2n) is 10.0. The molecule has 0 spiro atoms. The van der Waals surface area contributed by atoms with Crippen molar-refractivity contribution < 1.29 is 39.0 Å². The Balaban J connectivity index is 1.70. The number of imide groups is 1. The lowest BCUT2D eigenvalue weighted by Gasteiger charge is -2.31. The molecule has 2 heterocycles. The topological polar surface area (TPSA) is 169 Å². The maximum absolute atomic E-state index is 14.1. The number of carbonyl (C=O) groups is 3. The van der Waals surface area contributed by atoms with Crippen molar-refractivity contribution in [3.05, 3.63) is 87.5 Å². The summed E-state index contributed by atoms with van der Waals surface area (Å²) in [5, 5.41) is 35.0. The fourth-order valence-electron chi connectivity index (χ4n) is 6.07. The summed E-state index contributed by atoms with van der Waals surface area (Å²) < 4.78 is 11.1. The number of nitrogens with zero attached hydrogens (tertiary/aromatic N) is 2. The zero-order chi connectivity index (χ0) is 29.6. The van der Waals surface area contributed by atoms with Gasteiger partial charge in [0.05, 0.1) is 36.7 Å². The quantitative estimate of drug-likeness (QED) is 0.211. The zero-order valence-electron chi connectivity index (χ0n) is 22.4. The van der Waals surface area contributed by atoms with Gasteiger partial charge in [-0.05, 0) is 36.8 Å². The van der Waals surface area contributed by atoms with E-state index in [1.807, 2.05) is 0 Å². The number of aliphatic carboxylic acids is 1. The van der Waals surface area contributed by atoms with E-state index in [9.17, 15) is 34.7 Å². The number of carboxylic acid groups (broad SMARTS) is 1. The van der Waals surface area contributed by atoms with Crippen LogP contribution < -0.4 is 19.7 Å². The second kappa shape index (κ2) is 10.2. The highest BCUT2D eigenvalue weighted by molar-refractivity contribution is 6.24. The molecule has 12 heteroatoms. The lowest BCUT2D eigenvalue weighted by molar-refractivity contribution is -0.384. The van der Waals surface area contributed by atoms with Crippen LogP contribution in [0.3, 0.4) is 0 Å². The van der Waals surface area contributed by atoms with Crippen LogP contribution in [0.1, 0.15) is 22.7 Å². The maximum Gasteiger partial charge on any atom is 0.325 e. The molecule has 2 fully saturated rings. The number of carboxylic acids is 1. The fraction of sp³-hybridized carbons (Fsp3) is 0.276. The fourth-order valence-corrected chi connectivity index (χ4v) is 6.07. The minimum Gasteiger partial charge on any atom is -0.508 e. The average molecular weight is 562 g/mol. The number of fused-ring (bicyclic) bond motifs is 1. The lowest BCUT2D eigenvalue weighted by Crippen LogP contribution is -2.57. The van der Waals surface area contributed by atoms with Crippen LogP contribution in [0.25, 0.3) is 0 Å². The molecule has 3 N–H and O–H groups in total. The molecular formula is C29H27N3O9. The number of nitrogens with one attached hydrogen (secondary N) is 1. The van der Waals surface area contributed by atoms with Gasteiger partial charge in [-0.3, -0.25) is 29.8 Å². The van der Waals surface area contributed by atoms with Crippen molar-refractivity contribution in [2.24, 2.45) is 11.8 Å². The minimum absolute atomic E-state index is 0.0179. The summed E-state index contributed by atoms with van der Waals surface area (Å²) in [5.41, 5.74) is -0.724. The number of phenolic OH excluding ortho intramolecular Hbond substituents is 1. The van der Waals surface area contributed by atoms with Crippen molar-refractivity contribution in [1.29, 1.82) is 0 Å². The number of phenols is 1. The number of hydrogen-bond donors (Lipinski definition) is 3. The molecule has 12 nitrogen and oxygen atoms in total. The molecule has 2 aliphatic heterocycles. The molecule has 41 heavy (non-hydrogen) atoms. The summed E-state index contributed by atoms with van der Waals surface area (Å²) >= 11 is 0. The second-order valence-corrected chi connectivity index (χ2v) is 10.0. The van der Waals surface area contributed by atoms with Crippen molar-refractivity contribution in [2.45, 2.75) is 24.9 Å². The third kappa shape index (κ3) is 4.32. The number of aromatic hydroxyl groups is 1. The number of non-ortho nitro benzene ring substituents is 1. The average Bonchev–Trinajstić information content (AvgIpc) is 3.43. The Morgan fingerprint density at radius 3 is 2.39 bits per heavy atom. The smallest absolute Gasteiger partial charge is 0.325 e. The molecule has 4 atom stereocenters. The number of rotatable bonds is 8. The van der Waals surface area contributed by atoms with Crippen LogP contribution >= 0.6 is 0 Å². The van der Waals surface area contributed by atoms with E-state index in [1.165, 1.54) is 44.6 Å². The van der Waals surface area contributed by atoms with Crippen LogP contribution in [0.2, 0.25) is 0 Å². The number of amides is 2. The van der Waals surface area contributed by atoms with Gasteiger partial charge in [0.2, 0.25) is 11.8 Å². The molecule has 3 aromatic carbocycles. The van der Waals surface area contributed by atoms with Crippen LogP contribution in [-0.4, -0.2) is 52.7 Å². The number of nitro groups is 1. The Bertz CT molecular complexity index is 1570. The molecule has 2 aliphatic rings. The summed E-state index contributed by atoms with van der Waals surface area (Å²) in [6.45, 7) is 1.76. The Labute approximate surface area is 234 Å². The molecule has 0 aliphatic carbocycles. The van der Waals surface area contributed by atoms with Gasteiger partial charge in [0.25, 0.3) is 5.69 Å². The molecule has 0 saturated carbocycles. The van der Waals surface area contributed by atoms with Gasteiger partial charge >= 0.3 is 5.97 Å². The van der Waals surface area contributed by atoms with Crippen LogP contribution in [0.15, 0.2) is 60.7 Å². The highest BCUT2D eigenvalue weighted by Gasteiger charge is 2.69. The van der Waals surface area contributed by atoms with Gasteiger partial charge in [0.1, 0.15) is 22.8 Å². The van der Waals surface area contributed by atoms with Crippen molar-refractivity contribution in [2.75, 3.05) is 19.1 Å². The van der Waals surface area contributed by atoms with Crippen molar-refractivity contribution in [3.63, 3.8) is 0 Å². The molecule has 0 bridgehead atoms. The predicted molar refractivity (Wildman–Crippen MR) is 145 cm³/mol. The first-order chi connectivity index (χ1) is 19.5. The Kier molecular flexibility index (Phi) is 6.87. The number of anilines is 1. The van der Waals surface area contributed by atoms with Gasteiger partial charge in [-0.15, -0.1) is 0 Å². The molecular weight excluding hydrogens is 534 g/mol. The lowest BCUT2D eigenvalue weighted by atomic mass is 9.76. The van der Waals surface area contributed by atoms with Gasteiger partial charge in [-0.25, -0.2) is 4.90 Å². The molecule has 0 aromatic heterocycles. The third-order valence-electron chi connectivity index (χ3n) is 7.90. The van der Waals surface area contributed by atoms with E-state index >= 15 is 0 Å². The molecule has 2 saturated heterocycles. The first-order valence-electron chi connectivity index (χ1n) is 12.7. The highest BCUT2D eigenvalue weighted by Crippen LogP contribution is 2.53. The van der Waals surface area contributed by atoms with Gasteiger partial charge in [-0.1, -0.05) is 24.3 Å². The Morgan fingerprint density at radius 2 is 1.78 bits per heavy atom. The highest BCUT2D eigenvalue weighted by atomic mass is 16.6. The summed E-state index contributed by atoms with van der Waals surface area (Å²) in [5.74, 6) is -4.54. The number of carbonyl (C=O) groups excluding carboxylic acids is 2. The van der Waals surface area contributed by atoms with Crippen molar-refractivity contribution in [3.8, 4) is 17.2 Å². The summed E-state index contributed by atoms with van der Waals surface area (Å²) in [6.07, 6.45) is -0.195. The number of hydrogen-bond acceptors (Lipinski definition) is 9. The van der Waals surface area contributed by atoms with Gasteiger partial charge < -0.3 is 19.7 Å². The molecule has 5 rings (SSSR count). The van der Waals surface area contributed by atoms with E-state index in [0.717, 1.165) is 11.0 Å². The Morgan fingerprint density at radius 1 is 1.07 bits per heavy atom. The standard InChI is InChI=1S/C29H27N3O9/c1-15-21(40-2)12-11-20(25(15)41-3)24-22-23(29(30-24,28(36)37)14-16-7-9-19(33)10-8-16)27(35)31(26(22)34)17-5-4-6-18(13-17)32(38)39/h4-13,22-24,30,33H,14H2,1-3H3,(H,36,37). The zero-order valence-corrected chi connectivity index (χ0v) is 22.4. The summed E-state index contributed by atoms with van der Waals surface area (Å²) in [6, 6.07) is 13.3. The summed E-state index contributed by atoms with van der Waals surface area (Å²) in [7, 11) is 2.93. The normalized spacial score (nSPS) is 23.4. The summed E-state index contributed by atoms with van der Waals surface area (Å²) in [4.78, 5) is 52.9. The van der Waals surface area contributed by atoms with E-state index in [-0.39, 0.29) is 23.5 Å². The number of nitro benzene ring substituents is 1. The third-order valence-corrected chi connectivity index (χ3v) is 7.90. The monoisotopic (exact) mass is 561 g/mol. The van der Waals surface area contributed by atoms with Crippen molar-refractivity contribution >= 4 is 29.2 Å². The molecule has 212 valence electrons. The Hall–Kier alpha value is -4.97.